The average Bonchev–Trinajstić information content (AvgIpc) is 2.07. The van der Waals surface area contributed by atoms with E-state index < -0.39 is 0 Å². The molecule has 1 rings (SSSR count). The minimum absolute atomic E-state index is 0.569. The van der Waals surface area contributed by atoms with Crippen molar-refractivity contribution < 1.29 is 0 Å². The van der Waals surface area contributed by atoms with Crippen LogP contribution in [0.4, 0.5) is 0 Å². The van der Waals surface area contributed by atoms with E-state index in [9.17, 15) is 0 Å². The summed E-state index contributed by atoms with van der Waals surface area (Å²) in [5.41, 5.74) is 0.840. The van der Waals surface area contributed by atoms with Crippen LogP contribution >= 0.6 is 0 Å². The van der Waals surface area contributed by atoms with Gasteiger partial charge in [-0.25, -0.2) is 0 Å². The van der Waals surface area contributed by atoms with Gasteiger partial charge < -0.3 is 5.41 Å². The first-order valence-corrected chi connectivity index (χ1v) is 4.55. The molecular weight excluding hydrogens is 134 g/mol. The second kappa shape index (κ2) is 4.32. The maximum absolute atomic E-state index is 7.70. The molecule has 62 valence electrons. The molecule has 11 heavy (non-hydrogen) atoms. The van der Waals surface area contributed by atoms with Crippen LogP contribution in [-0.4, -0.2) is 5.71 Å². The van der Waals surface area contributed by atoms with E-state index in [0.717, 1.165) is 5.71 Å². The number of hydrogen-bond acceptors (Lipinski definition) is 1. The first-order valence-electron chi connectivity index (χ1n) is 4.55. The molecule has 0 aromatic heterocycles. The van der Waals surface area contributed by atoms with E-state index >= 15 is 0 Å². The van der Waals surface area contributed by atoms with Gasteiger partial charge in [0.25, 0.3) is 0 Å². The molecule has 0 saturated heterocycles. The molecule has 1 fully saturated rings. The summed E-state index contributed by atoms with van der Waals surface area (Å²) < 4.78 is 0. The summed E-state index contributed by atoms with van der Waals surface area (Å²) >= 11 is 0. The Morgan fingerprint density at radius 3 is 2.45 bits per heavy atom. The van der Waals surface area contributed by atoms with Gasteiger partial charge in [0, 0.05) is 11.6 Å². The summed E-state index contributed by atoms with van der Waals surface area (Å²) in [5, 5.41) is 7.70. The summed E-state index contributed by atoms with van der Waals surface area (Å²) in [7, 11) is 0. The highest BCUT2D eigenvalue weighted by Gasteiger charge is 2.15. The molecule has 1 aliphatic carbocycles. The summed E-state index contributed by atoms with van der Waals surface area (Å²) in [6.07, 6.45) is 10.4. The fourth-order valence-corrected chi connectivity index (χ4v) is 1.73. The molecule has 1 heteroatoms. The fourth-order valence-electron chi connectivity index (χ4n) is 1.73. The van der Waals surface area contributed by atoms with Crippen molar-refractivity contribution >= 4 is 5.71 Å². The second-order valence-electron chi connectivity index (χ2n) is 3.29. The molecule has 0 atom stereocenters. The minimum Gasteiger partial charge on any atom is -0.305 e. The van der Waals surface area contributed by atoms with Gasteiger partial charge in [-0.1, -0.05) is 25.3 Å². The second-order valence-corrected chi connectivity index (χ2v) is 3.29. The monoisotopic (exact) mass is 151 g/mol. The predicted molar refractivity (Wildman–Crippen MR) is 49.1 cm³/mol. The van der Waals surface area contributed by atoms with E-state index in [-0.39, 0.29) is 0 Å². The van der Waals surface area contributed by atoms with E-state index in [4.69, 9.17) is 5.41 Å². The summed E-state index contributed by atoms with van der Waals surface area (Å²) in [6, 6.07) is 0. The maximum atomic E-state index is 7.70. The number of hydrogen-bond donors (Lipinski definition) is 1. The molecule has 0 spiro atoms. The Hall–Kier alpha value is -0.590. The van der Waals surface area contributed by atoms with Gasteiger partial charge in [0.15, 0.2) is 0 Å². The average molecular weight is 151 g/mol. The van der Waals surface area contributed by atoms with Crippen molar-refractivity contribution in [2.24, 2.45) is 5.92 Å². The highest BCUT2D eigenvalue weighted by molar-refractivity contribution is 5.94. The summed E-state index contributed by atoms with van der Waals surface area (Å²) in [5.74, 6) is 0.569. The van der Waals surface area contributed by atoms with Crippen LogP contribution in [0.15, 0.2) is 12.2 Å². The van der Waals surface area contributed by atoms with Crippen LogP contribution in [-0.2, 0) is 0 Å². The topological polar surface area (TPSA) is 23.9 Å². The zero-order valence-electron chi connectivity index (χ0n) is 7.27. The zero-order chi connectivity index (χ0) is 8.10. The first kappa shape index (κ1) is 8.51. The van der Waals surface area contributed by atoms with Crippen molar-refractivity contribution in [2.45, 2.75) is 39.0 Å². The van der Waals surface area contributed by atoms with Crippen molar-refractivity contribution in [3.05, 3.63) is 12.2 Å². The van der Waals surface area contributed by atoms with Crippen LogP contribution in [0, 0.1) is 11.3 Å². The molecule has 0 aromatic carbocycles. The summed E-state index contributed by atoms with van der Waals surface area (Å²) in [6.45, 7) is 1.98. The normalized spacial score (nSPS) is 20.8. The van der Waals surface area contributed by atoms with E-state index in [1.165, 1.54) is 32.1 Å². The van der Waals surface area contributed by atoms with Gasteiger partial charge in [-0.15, -0.1) is 0 Å². The highest BCUT2D eigenvalue weighted by Crippen LogP contribution is 2.24. The smallest absolute Gasteiger partial charge is 0.0341 e. The number of allylic oxidation sites excluding steroid dienone is 2. The fraction of sp³-hybridized carbons (Fsp3) is 0.700. The van der Waals surface area contributed by atoms with E-state index in [2.05, 4.69) is 0 Å². The van der Waals surface area contributed by atoms with Crippen LogP contribution < -0.4 is 0 Å². The SMILES string of the molecule is C/C=C\C(=N)C1CCCCC1. The van der Waals surface area contributed by atoms with Crippen LogP contribution in [0.5, 0.6) is 0 Å². The Labute approximate surface area is 69.0 Å². The molecule has 0 aromatic rings. The molecule has 0 unspecified atom stereocenters. The lowest BCUT2D eigenvalue weighted by Gasteiger charge is -2.20. The van der Waals surface area contributed by atoms with E-state index in [1.54, 1.807) is 0 Å². The lowest BCUT2D eigenvalue weighted by molar-refractivity contribution is 0.439. The lowest BCUT2D eigenvalue weighted by Crippen LogP contribution is -2.14. The molecule has 0 aliphatic heterocycles. The Morgan fingerprint density at radius 1 is 1.27 bits per heavy atom. The zero-order valence-corrected chi connectivity index (χ0v) is 7.27. The Kier molecular flexibility index (Phi) is 3.34. The van der Waals surface area contributed by atoms with Gasteiger partial charge in [-0.2, -0.15) is 0 Å². The third kappa shape index (κ3) is 2.49. The molecule has 0 bridgehead atoms. The standard InChI is InChI=1S/C10H17N/c1-2-6-10(11)9-7-4-3-5-8-9/h2,6,9,11H,3-5,7-8H2,1H3/b6-2-,11-10?. The van der Waals surface area contributed by atoms with Crippen LogP contribution in [0.3, 0.4) is 0 Å². The third-order valence-electron chi connectivity index (χ3n) is 2.39. The molecule has 0 radical (unpaired) electrons. The van der Waals surface area contributed by atoms with Gasteiger partial charge in [-0.3, -0.25) is 0 Å². The van der Waals surface area contributed by atoms with E-state index in [1.807, 2.05) is 19.1 Å². The van der Waals surface area contributed by atoms with Crippen molar-refractivity contribution in [3.63, 3.8) is 0 Å². The molecule has 0 heterocycles. The minimum atomic E-state index is 0.569. The molecule has 1 nitrogen and oxygen atoms in total. The van der Waals surface area contributed by atoms with E-state index in [0.29, 0.717) is 5.92 Å². The van der Waals surface area contributed by atoms with Crippen LogP contribution in [0.25, 0.3) is 0 Å². The number of nitrogens with one attached hydrogen (secondary N) is 1. The molecule has 1 aliphatic rings. The van der Waals surface area contributed by atoms with Crippen LogP contribution in [0.2, 0.25) is 0 Å². The Bertz CT molecular complexity index is 152. The van der Waals surface area contributed by atoms with Crippen molar-refractivity contribution in [3.8, 4) is 0 Å². The predicted octanol–water partition coefficient (Wildman–Crippen LogP) is 3.16. The molecule has 0 amide bonds. The molecule has 1 saturated carbocycles. The van der Waals surface area contributed by atoms with Crippen molar-refractivity contribution in [1.29, 1.82) is 5.41 Å². The van der Waals surface area contributed by atoms with Gasteiger partial charge in [0.2, 0.25) is 0 Å². The van der Waals surface area contributed by atoms with Crippen LogP contribution in [0.1, 0.15) is 39.0 Å². The molecular formula is C10H17N. The highest BCUT2D eigenvalue weighted by atomic mass is 14.4. The number of rotatable bonds is 2. The van der Waals surface area contributed by atoms with Crippen molar-refractivity contribution in [1.82, 2.24) is 0 Å². The summed E-state index contributed by atoms with van der Waals surface area (Å²) in [4.78, 5) is 0. The lowest BCUT2D eigenvalue weighted by atomic mass is 9.86. The van der Waals surface area contributed by atoms with Gasteiger partial charge >= 0.3 is 0 Å². The Morgan fingerprint density at radius 2 is 1.91 bits per heavy atom. The van der Waals surface area contributed by atoms with Gasteiger partial charge in [0.05, 0.1) is 0 Å². The largest absolute Gasteiger partial charge is 0.305 e. The van der Waals surface area contributed by atoms with Gasteiger partial charge in [-0.05, 0) is 25.8 Å². The quantitative estimate of drug-likeness (QED) is 0.586. The maximum Gasteiger partial charge on any atom is 0.0341 e. The van der Waals surface area contributed by atoms with Crippen molar-refractivity contribution in [2.75, 3.05) is 0 Å². The Balaban J connectivity index is 2.38. The van der Waals surface area contributed by atoms with Gasteiger partial charge in [0.1, 0.15) is 0 Å². The third-order valence-corrected chi connectivity index (χ3v) is 2.39. The first-order chi connectivity index (χ1) is 5.34. The molecule has 1 N–H and O–H groups in total.